The summed E-state index contributed by atoms with van der Waals surface area (Å²) < 4.78 is 5.27. The van der Waals surface area contributed by atoms with Crippen molar-refractivity contribution in [1.82, 2.24) is 4.90 Å². The first-order valence-corrected chi connectivity index (χ1v) is 6.20. The van der Waals surface area contributed by atoms with Crippen molar-refractivity contribution in [3.05, 3.63) is 0 Å². The molecule has 4 nitrogen and oxygen atoms in total. The Bertz CT molecular complexity index is 258. The highest BCUT2D eigenvalue weighted by atomic mass is 16.5. The first-order valence-electron chi connectivity index (χ1n) is 6.20. The van der Waals surface area contributed by atoms with E-state index in [-0.39, 0.29) is 17.2 Å². The number of hydrogen-bond donors (Lipinski definition) is 1. The quantitative estimate of drug-likeness (QED) is 0.764. The average Bonchev–Trinajstić information content (AvgIpc) is 3.09. The maximum absolute atomic E-state index is 12.1. The summed E-state index contributed by atoms with van der Waals surface area (Å²) in [6.45, 7) is 3.00. The molecular weight excluding hydrogens is 204 g/mol. The summed E-state index contributed by atoms with van der Waals surface area (Å²) in [5.74, 6) is 0.454. The van der Waals surface area contributed by atoms with Crippen molar-refractivity contribution in [3.63, 3.8) is 0 Å². The molecule has 1 saturated heterocycles. The zero-order valence-corrected chi connectivity index (χ0v) is 10.1. The van der Waals surface area contributed by atoms with Crippen molar-refractivity contribution in [2.24, 2.45) is 17.1 Å². The van der Waals surface area contributed by atoms with Gasteiger partial charge in [0.25, 0.3) is 0 Å². The van der Waals surface area contributed by atoms with Crippen LogP contribution in [0.5, 0.6) is 0 Å². The van der Waals surface area contributed by atoms with Crippen molar-refractivity contribution >= 4 is 5.91 Å². The van der Waals surface area contributed by atoms with Gasteiger partial charge in [0.15, 0.2) is 0 Å². The van der Waals surface area contributed by atoms with Gasteiger partial charge < -0.3 is 15.4 Å². The van der Waals surface area contributed by atoms with E-state index in [0.717, 1.165) is 32.6 Å². The van der Waals surface area contributed by atoms with E-state index in [2.05, 4.69) is 0 Å². The summed E-state index contributed by atoms with van der Waals surface area (Å²) in [4.78, 5) is 14.0. The summed E-state index contributed by atoms with van der Waals surface area (Å²) in [6, 6.07) is 0. The van der Waals surface area contributed by atoms with Crippen LogP contribution in [0.1, 0.15) is 25.7 Å². The zero-order valence-electron chi connectivity index (χ0n) is 10.1. The first-order chi connectivity index (χ1) is 7.67. The molecular formula is C12H22N2O2. The lowest BCUT2D eigenvalue weighted by molar-refractivity contribution is -0.137. The van der Waals surface area contributed by atoms with Gasteiger partial charge in [-0.1, -0.05) is 0 Å². The smallest absolute Gasteiger partial charge is 0.225 e. The van der Waals surface area contributed by atoms with E-state index in [1.165, 1.54) is 12.8 Å². The second kappa shape index (κ2) is 4.72. The number of rotatable bonds is 4. The van der Waals surface area contributed by atoms with Gasteiger partial charge in [0.1, 0.15) is 0 Å². The minimum atomic E-state index is 0.173. The molecule has 0 radical (unpaired) electrons. The highest BCUT2D eigenvalue weighted by Crippen LogP contribution is 2.45. The van der Waals surface area contributed by atoms with E-state index >= 15 is 0 Å². The molecule has 16 heavy (non-hydrogen) atoms. The fourth-order valence-corrected chi connectivity index (χ4v) is 2.44. The van der Waals surface area contributed by atoms with Gasteiger partial charge in [-0.05, 0) is 32.2 Å². The minimum Gasteiger partial charge on any atom is -0.381 e. The third-order valence-corrected chi connectivity index (χ3v) is 3.91. The second-order valence-electron chi connectivity index (χ2n) is 5.29. The first kappa shape index (κ1) is 11.9. The highest BCUT2D eigenvalue weighted by molar-refractivity contribution is 5.78. The van der Waals surface area contributed by atoms with Gasteiger partial charge in [-0.2, -0.15) is 0 Å². The molecule has 1 saturated carbocycles. The Labute approximate surface area is 97.1 Å². The van der Waals surface area contributed by atoms with Crippen LogP contribution in [0.25, 0.3) is 0 Å². The van der Waals surface area contributed by atoms with Crippen LogP contribution in [0.15, 0.2) is 0 Å². The normalized spacial score (nSPS) is 24.1. The third-order valence-electron chi connectivity index (χ3n) is 3.91. The lowest BCUT2D eigenvalue weighted by atomic mass is 9.98. The zero-order chi connectivity index (χ0) is 11.6. The molecule has 0 aromatic heterocycles. The Kier molecular flexibility index (Phi) is 3.50. The predicted octanol–water partition coefficient (Wildman–Crippen LogP) is 0.610. The molecule has 4 heteroatoms. The van der Waals surface area contributed by atoms with Crippen molar-refractivity contribution in [2.75, 3.05) is 33.4 Å². The standard InChI is InChI=1S/C12H22N2O2/c1-14(9-12(8-13)4-5-12)11(15)10-2-6-16-7-3-10/h10H,2-9,13H2,1H3. The van der Waals surface area contributed by atoms with E-state index < -0.39 is 0 Å². The van der Waals surface area contributed by atoms with Gasteiger partial charge in [0.05, 0.1) is 0 Å². The Morgan fingerprint density at radius 2 is 2.06 bits per heavy atom. The molecule has 0 aromatic rings. The molecule has 1 heterocycles. The van der Waals surface area contributed by atoms with E-state index in [0.29, 0.717) is 6.54 Å². The maximum Gasteiger partial charge on any atom is 0.225 e. The van der Waals surface area contributed by atoms with Crippen molar-refractivity contribution in [2.45, 2.75) is 25.7 Å². The molecule has 0 unspecified atom stereocenters. The summed E-state index contributed by atoms with van der Waals surface area (Å²) in [7, 11) is 1.91. The number of nitrogens with zero attached hydrogens (tertiary/aromatic N) is 1. The number of nitrogens with two attached hydrogens (primary N) is 1. The molecule has 0 bridgehead atoms. The molecule has 2 N–H and O–H groups in total. The molecule has 0 atom stereocenters. The van der Waals surface area contributed by atoms with E-state index in [1.807, 2.05) is 11.9 Å². The highest BCUT2D eigenvalue weighted by Gasteiger charge is 2.43. The minimum absolute atomic E-state index is 0.173. The van der Waals surface area contributed by atoms with Gasteiger partial charge in [0, 0.05) is 38.1 Å². The fraction of sp³-hybridized carbons (Fsp3) is 0.917. The Morgan fingerprint density at radius 1 is 1.44 bits per heavy atom. The van der Waals surface area contributed by atoms with Gasteiger partial charge in [-0.25, -0.2) is 0 Å². The number of ether oxygens (including phenoxy) is 1. The van der Waals surface area contributed by atoms with Crippen molar-refractivity contribution < 1.29 is 9.53 Å². The van der Waals surface area contributed by atoms with Crippen LogP contribution < -0.4 is 5.73 Å². The monoisotopic (exact) mass is 226 g/mol. The lowest BCUT2D eigenvalue weighted by Crippen LogP contribution is -2.40. The molecule has 0 aromatic carbocycles. The van der Waals surface area contributed by atoms with E-state index in [9.17, 15) is 4.79 Å². The molecule has 2 aliphatic rings. The average molecular weight is 226 g/mol. The van der Waals surface area contributed by atoms with Crippen LogP contribution in [-0.4, -0.2) is 44.2 Å². The SMILES string of the molecule is CN(CC1(CN)CC1)C(=O)C1CCOCC1. The van der Waals surface area contributed by atoms with Gasteiger partial charge in [-0.15, -0.1) is 0 Å². The van der Waals surface area contributed by atoms with E-state index in [4.69, 9.17) is 10.5 Å². The second-order valence-corrected chi connectivity index (χ2v) is 5.29. The molecule has 1 amide bonds. The van der Waals surface area contributed by atoms with Gasteiger partial charge in [-0.3, -0.25) is 4.79 Å². The lowest BCUT2D eigenvalue weighted by Gasteiger charge is -2.29. The topological polar surface area (TPSA) is 55.6 Å². The molecule has 1 aliphatic carbocycles. The predicted molar refractivity (Wildman–Crippen MR) is 61.9 cm³/mol. The molecule has 92 valence electrons. The Morgan fingerprint density at radius 3 is 2.56 bits per heavy atom. The number of carbonyl (C=O) groups excluding carboxylic acids is 1. The summed E-state index contributed by atoms with van der Waals surface area (Å²) in [5, 5.41) is 0. The Balaban J connectivity index is 1.83. The number of hydrogen-bond acceptors (Lipinski definition) is 3. The fourth-order valence-electron chi connectivity index (χ4n) is 2.44. The summed E-state index contributed by atoms with van der Waals surface area (Å²) in [5.41, 5.74) is 5.98. The van der Waals surface area contributed by atoms with Crippen LogP contribution >= 0.6 is 0 Å². The largest absolute Gasteiger partial charge is 0.381 e. The van der Waals surface area contributed by atoms with Crippen LogP contribution in [0, 0.1) is 11.3 Å². The third kappa shape index (κ3) is 2.55. The van der Waals surface area contributed by atoms with Crippen molar-refractivity contribution in [3.8, 4) is 0 Å². The number of carbonyl (C=O) groups is 1. The van der Waals surface area contributed by atoms with Gasteiger partial charge in [0.2, 0.25) is 5.91 Å². The molecule has 0 spiro atoms. The maximum atomic E-state index is 12.1. The van der Waals surface area contributed by atoms with Crippen molar-refractivity contribution in [1.29, 1.82) is 0 Å². The van der Waals surface area contributed by atoms with Crippen LogP contribution in [0.3, 0.4) is 0 Å². The molecule has 2 fully saturated rings. The summed E-state index contributed by atoms with van der Waals surface area (Å²) >= 11 is 0. The number of amides is 1. The van der Waals surface area contributed by atoms with Crippen LogP contribution in [-0.2, 0) is 9.53 Å². The van der Waals surface area contributed by atoms with Crippen LogP contribution in [0.4, 0.5) is 0 Å². The Hall–Kier alpha value is -0.610. The van der Waals surface area contributed by atoms with Gasteiger partial charge >= 0.3 is 0 Å². The molecule has 1 aliphatic heterocycles. The molecule has 2 rings (SSSR count). The van der Waals surface area contributed by atoms with E-state index in [1.54, 1.807) is 0 Å². The van der Waals surface area contributed by atoms with Crippen LogP contribution in [0.2, 0.25) is 0 Å². The summed E-state index contributed by atoms with van der Waals surface area (Å²) in [6.07, 6.45) is 4.10.